The lowest BCUT2D eigenvalue weighted by atomic mass is 9.55. The third-order valence-corrected chi connectivity index (χ3v) is 15.3. The molecule has 8 bridgehead atoms. The summed E-state index contributed by atoms with van der Waals surface area (Å²) < 4.78 is 0. The summed E-state index contributed by atoms with van der Waals surface area (Å²) in [4.78, 5) is 0. The van der Waals surface area contributed by atoms with Gasteiger partial charge in [-0.3, -0.25) is 0 Å². The predicted molar refractivity (Wildman–Crippen MR) is 116 cm³/mol. The summed E-state index contributed by atoms with van der Waals surface area (Å²) in [6, 6.07) is 0. The van der Waals surface area contributed by atoms with E-state index in [0.29, 0.717) is 0 Å². The Labute approximate surface area is 168 Å². The normalized spacial score (nSPS) is 56.9. The van der Waals surface area contributed by atoms with Gasteiger partial charge in [0.2, 0.25) is 0 Å². The van der Waals surface area contributed by atoms with Crippen molar-refractivity contribution in [2.45, 2.75) is 113 Å². The van der Waals surface area contributed by atoms with Gasteiger partial charge in [-0.25, -0.2) is 0 Å². The predicted octanol–water partition coefficient (Wildman–Crippen LogP) is 7.60. The molecule has 0 aromatic rings. The second-order valence-corrected chi connectivity index (χ2v) is 16.2. The molecule has 0 nitrogen and oxygen atoms in total. The lowest BCUT2D eigenvalue weighted by Gasteiger charge is -2.68. The fraction of sp³-hybridized carbons (Fsp3) is 1.00. The molecule has 0 radical (unpaired) electrons. The molecule has 9 saturated carbocycles. The lowest BCUT2D eigenvalue weighted by Crippen LogP contribution is -2.57. The smallest absolute Gasteiger partial charge is 0.00814 e. The molecule has 0 spiro atoms. The van der Waals surface area contributed by atoms with Crippen LogP contribution < -0.4 is 0 Å². The van der Waals surface area contributed by atoms with E-state index in [1.165, 1.54) is 35.5 Å². The molecule has 0 aliphatic heterocycles. The Kier molecular flexibility index (Phi) is 3.80. The number of rotatable bonds is 4. The standard InChI is InChI=1S/C26H41P/c1-2-4-18(3-1)17-27(25-11-19-5-20(12-25)7-21(6-19)13-25)26-14-22-8-23(15-26)10-24(9-22)16-26/h18-24H,1-17H2. The van der Waals surface area contributed by atoms with Crippen LogP contribution >= 0.6 is 7.92 Å². The van der Waals surface area contributed by atoms with Crippen LogP contribution in [-0.2, 0) is 0 Å². The largest absolute Gasteiger partial charge is 0.0936 e. The van der Waals surface area contributed by atoms with Crippen LogP contribution in [0.15, 0.2) is 0 Å². The van der Waals surface area contributed by atoms with E-state index >= 15 is 0 Å². The van der Waals surface area contributed by atoms with Crippen LogP contribution in [0.5, 0.6) is 0 Å². The Morgan fingerprint density at radius 1 is 0.519 bits per heavy atom. The van der Waals surface area contributed by atoms with Gasteiger partial charge in [0.05, 0.1) is 0 Å². The highest BCUT2D eigenvalue weighted by molar-refractivity contribution is 7.61. The van der Waals surface area contributed by atoms with Crippen molar-refractivity contribution in [2.24, 2.45) is 41.4 Å². The molecular formula is C26H41P. The van der Waals surface area contributed by atoms with Gasteiger partial charge in [0.25, 0.3) is 0 Å². The topological polar surface area (TPSA) is 0 Å². The fourth-order valence-electron chi connectivity index (χ4n) is 11.1. The van der Waals surface area contributed by atoms with Gasteiger partial charge in [0.15, 0.2) is 0 Å². The van der Waals surface area contributed by atoms with E-state index in [1.54, 1.807) is 109 Å². The molecule has 9 aliphatic rings. The van der Waals surface area contributed by atoms with Gasteiger partial charge in [0, 0.05) is 0 Å². The molecule has 0 unspecified atom stereocenters. The zero-order valence-electron chi connectivity index (χ0n) is 17.5. The summed E-state index contributed by atoms with van der Waals surface area (Å²) in [5.41, 5.74) is 0. The summed E-state index contributed by atoms with van der Waals surface area (Å²) in [5, 5.41) is 1.77. The molecule has 0 N–H and O–H groups in total. The van der Waals surface area contributed by atoms with Crippen LogP contribution in [0.2, 0.25) is 0 Å². The van der Waals surface area contributed by atoms with Crippen molar-refractivity contribution < 1.29 is 0 Å². The molecule has 1 heteroatoms. The number of hydrogen-bond donors (Lipinski definition) is 0. The highest BCUT2D eigenvalue weighted by atomic mass is 31.1. The van der Waals surface area contributed by atoms with Gasteiger partial charge in [0.1, 0.15) is 0 Å². The van der Waals surface area contributed by atoms with Crippen LogP contribution in [-0.4, -0.2) is 16.5 Å². The summed E-state index contributed by atoms with van der Waals surface area (Å²) in [5.74, 6) is 8.14. The van der Waals surface area contributed by atoms with E-state index in [9.17, 15) is 0 Å². The zero-order valence-corrected chi connectivity index (χ0v) is 18.4. The van der Waals surface area contributed by atoms with Crippen LogP contribution in [0.25, 0.3) is 0 Å². The molecule has 150 valence electrons. The molecule has 9 aliphatic carbocycles. The molecule has 0 aromatic carbocycles. The summed E-state index contributed by atoms with van der Waals surface area (Å²) in [6.07, 6.45) is 28.2. The molecular weight excluding hydrogens is 343 g/mol. The van der Waals surface area contributed by atoms with E-state index in [4.69, 9.17) is 0 Å². The molecule has 9 rings (SSSR count). The maximum absolute atomic E-state index is 1.74. The minimum atomic E-state index is 0.280. The van der Waals surface area contributed by atoms with Crippen molar-refractivity contribution >= 4 is 7.92 Å². The van der Waals surface area contributed by atoms with Gasteiger partial charge < -0.3 is 0 Å². The molecule has 0 aromatic heterocycles. The van der Waals surface area contributed by atoms with Crippen molar-refractivity contribution in [3.63, 3.8) is 0 Å². The minimum absolute atomic E-state index is 0.280. The first kappa shape index (κ1) is 17.1. The minimum Gasteiger partial charge on any atom is -0.0936 e. The maximum atomic E-state index is 1.74. The Bertz CT molecular complexity index is 485. The first-order chi connectivity index (χ1) is 13.2. The van der Waals surface area contributed by atoms with E-state index in [1.807, 2.05) is 0 Å². The van der Waals surface area contributed by atoms with Gasteiger partial charge in [-0.1, -0.05) is 33.6 Å². The van der Waals surface area contributed by atoms with E-state index in [0.717, 1.165) is 16.2 Å². The summed E-state index contributed by atoms with van der Waals surface area (Å²) in [6.45, 7) is 0. The van der Waals surface area contributed by atoms with Crippen LogP contribution in [0.4, 0.5) is 0 Å². The van der Waals surface area contributed by atoms with E-state index in [2.05, 4.69) is 0 Å². The van der Waals surface area contributed by atoms with Crippen molar-refractivity contribution in [1.29, 1.82) is 0 Å². The average molecular weight is 385 g/mol. The quantitative estimate of drug-likeness (QED) is 0.438. The van der Waals surface area contributed by atoms with Crippen molar-refractivity contribution in [3.05, 3.63) is 0 Å². The highest BCUT2D eigenvalue weighted by Gasteiger charge is 2.62. The Hall–Kier alpha value is 0.430. The van der Waals surface area contributed by atoms with Crippen LogP contribution in [0.1, 0.15) is 103 Å². The van der Waals surface area contributed by atoms with Gasteiger partial charge in [-0.15, -0.1) is 0 Å². The van der Waals surface area contributed by atoms with Crippen LogP contribution in [0, 0.1) is 41.4 Å². The second kappa shape index (κ2) is 5.99. The third-order valence-electron chi connectivity index (χ3n) is 11.1. The third kappa shape index (κ3) is 2.63. The Balaban J connectivity index is 1.27. The molecule has 27 heavy (non-hydrogen) atoms. The Morgan fingerprint density at radius 2 is 0.852 bits per heavy atom. The van der Waals surface area contributed by atoms with Gasteiger partial charge in [-0.2, -0.15) is 0 Å². The average Bonchev–Trinajstić information content (AvgIpc) is 3.10. The second-order valence-electron chi connectivity index (χ2n) is 13.0. The zero-order chi connectivity index (χ0) is 17.6. The highest BCUT2D eigenvalue weighted by Crippen LogP contribution is 2.79. The SMILES string of the molecule is C1CCC(CP(C23CC4CC(CC(C4)C2)C3)C23CC4CC(CC(C4)C2)C3)C1. The van der Waals surface area contributed by atoms with Crippen molar-refractivity contribution in [3.8, 4) is 0 Å². The maximum Gasteiger partial charge on any atom is -0.00814 e. The molecule has 0 atom stereocenters. The first-order valence-electron chi connectivity index (χ1n) is 13.0. The van der Waals surface area contributed by atoms with Gasteiger partial charge >= 0.3 is 0 Å². The number of hydrogen-bond acceptors (Lipinski definition) is 0. The Morgan fingerprint density at radius 3 is 1.19 bits per heavy atom. The van der Waals surface area contributed by atoms with Gasteiger partial charge in [-0.05, 0) is 135 Å². The van der Waals surface area contributed by atoms with Crippen molar-refractivity contribution in [2.75, 3.05) is 6.16 Å². The van der Waals surface area contributed by atoms with E-state index in [-0.39, 0.29) is 7.92 Å². The van der Waals surface area contributed by atoms with Crippen molar-refractivity contribution in [1.82, 2.24) is 0 Å². The lowest BCUT2D eigenvalue weighted by molar-refractivity contribution is 0.0183. The van der Waals surface area contributed by atoms with Crippen LogP contribution in [0.3, 0.4) is 0 Å². The molecule has 9 fully saturated rings. The molecule has 0 amide bonds. The fourth-order valence-corrected chi connectivity index (χ4v) is 16.7. The summed E-state index contributed by atoms with van der Waals surface area (Å²) in [7, 11) is 0.280. The molecule has 0 heterocycles. The first-order valence-corrected chi connectivity index (χ1v) is 14.5. The van der Waals surface area contributed by atoms with E-state index < -0.39 is 0 Å². The molecule has 0 saturated heterocycles. The monoisotopic (exact) mass is 384 g/mol. The summed E-state index contributed by atoms with van der Waals surface area (Å²) >= 11 is 0.